The van der Waals surface area contributed by atoms with Crippen molar-refractivity contribution in [3.05, 3.63) is 53.6 Å². The first kappa shape index (κ1) is 23.8. The molecule has 35 heavy (non-hydrogen) atoms. The number of nitrogens with zero attached hydrogens (tertiary/aromatic N) is 2. The van der Waals surface area contributed by atoms with Crippen LogP contribution in [0, 0.1) is 5.92 Å². The number of alkyl halides is 3. The van der Waals surface area contributed by atoms with Crippen molar-refractivity contribution >= 4 is 17.3 Å². The Hall–Kier alpha value is -2.90. The Labute approximate surface area is 204 Å². The van der Waals surface area contributed by atoms with E-state index in [0.29, 0.717) is 25.1 Å². The predicted octanol–water partition coefficient (Wildman–Crippen LogP) is 5.03. The van der Waals surface area contributed by atoms with Gasteiger partial charge < -0.3 is 19.9 Å². The van der Waals surface area contributed by atoms with Crippen molar-refractivity contribution in [3.8, 4) is 5.75 Å². The molecule has 0 spiro atoms. The Kier molecular flexibility index (Phi) is 6.55. The van der Waals surface area contributed by atoms with Crippen molar-refractivity contribution in [2.75, 3.05) is 36.5 Å². The van der Waals surface area contributed by atoms with E-state index < -0.39 is 17.7 Å². The number of benzene rings is 2. The Balaban J connectivity index is 1.44. The van der Waals surface area contributed by atoms with Crippen LogP contribution >= 0.6 is 0 Å². The van der Waals surface area contributed by atoms with Gasteiger partial charge in [-0.25, -0.2) is 0 Å². The fraction of sp³-hybridized carbons (Fsp3) is 0.519. The molecule has 2 aliphatic heterocycles. The monoisotopic (exact) mass is 487 g/mol. The van der Waals surface area contributed by atoms with E-state index in [4.69, 9.17) is 4.74 Å². The number of halogens is 3. The van der Waals surface area contributed by atoms with Crippen LogP contribution < -0.4 is 19.9 Å². The van der Waals surface area contributed by atoms with Gasteiger partial charge in [0.2, 0.25) is 5.91 Å². The van der Waals surface area contributed by atoms with E-state index in [1.807, 2.05) is 24.3 Å². The van der Waals surface area contributed by atoms with E-state index in [1.54, 1.807) is 13.2 Å². The summed E-state index contributed by atoms with van der Waals surface area (Å²) in [5.74, 6) is 0.338. The summed E-state index contributed by atoms with van der Waals surface area (Å²) in [6.45, 7) is 2.00. The van der Waals surface area contributed by atoms with E-state index in [0.717, 1.165) is 55.4 Å². The number of methoxy groups -OCH3 is 1. The minimum atomic E-state index is -4.40. The van der Waals surface area contributed by atoms with Gasteiger partial charge in [0.25, 0.3) is 0 Å². The van der Waals surface area contributed by atoms with Crippen molar-refractivity contribution in [1.82, 2.24) is 5.32 Å². The Morgan fingerprint density at radius 2 is 1.77 bits per heavy atom. The van der Waals surface area contributed by atoms with Gasteiger partial charge in [0.15, 0.2) is 0 Å². The number of carbonyl (C=O) groups excluding carboxylic acids is 1. The topological polar surface area (TPSA) is 44.8 Å². The molecule has 188 valence electrons. The molecule has 2 fully saturated rings. The standard InChI is InChI=1S/C27H32F3N3O2/c1-35-22-10-8-21(9-11-22)32-13-14-33-24-12-7-19(27(28,29)30)15-18(24)16-23(25(33)17-32)26(34)31-20-5-3-2-4-6-20/h7-12,15,20,23,25H,2-6,13-14,16-17H2,1H3,(H,31,34)/t23-,25-/m1/s1. The molecule has 5 nitrogen and oxygen atoms in total. The van der Waals surface area contributed by atoms with Crippen LogP contribution in [0.25, 0.3) is 0 Å². The average molecular weight is 488 g/mol. The molecule has 1 aliphatic carbocycles. The second-order valence-corrected chi connectivity index (χ2v) is 9.90. The summed E-state index contributed by atoms with van der Waals surface area (Å²) in [5.41, 5.74) is 1.82. The molecule has 0 aromatic heterocycles. The number of amides is 1. The molecule has 8 heteroatoms. The minimum absolute atomic E-state index is 0.0356. The van der Waals surface area contributed by atoms with E-state index in [9.17, 15) is 18.0 Å². The number of hydrogen-bond acceptors (Lipinski definition) is 4. The van der Waals surface area contributed by atoms with Crippen molar-refractivity contribution < 1.29 is 22.7 Å². The van der Waals surface area contributed by atoms with Crippen molar-refractivity contribution in [2.24, 2.45) is 5.92 Å². The van der Waals surface area contributed by atoms with Crippen LogP contribution in [0.3, 0.4) is 0 Å². The molecule has 2 aromatic carbocycles. The van der Waals surface area contributed by atoms with Crippen molar-refractivity contribution in [1.29, 1.82) is 0 Å². The normalized spacial score (nSPS) is 22.9. The van der Waals surface area contributed by atoms with Crippen LogP contribution in [0.5, 0.6) is 5.75 Å². The summed E-state index contributed by atoms with van der Waals surface area (Å²) in [6.07, 6.45) is 1.26. The van der Waals surface area contributed by atoms with Gasteiger partial charge in [-0.05, 0) is 67.3 Å². The summed E-state index contributed by atoms with van der Waals surface area (Å²) >= 11 is 0. The third-order valence-electron chi connectivity index (χ3n) is 7.77. The van der Waals surface area contributed by atoms with Gasteiger partial charge in [-0.2, -0.15) is 13.2 Å². The molecule has 1 saturated heterocycles. The van der Waals surface area contributed by atoms with Crippen LogP contribution in [-0.4, -0.2) is 44.7 Å². The van der Waals surface area contributed by atoms with Crippen molar-refractivity contribution in [3.63, 3.8) is 0 Å². The first-order valence-corrected chi connectivity index (χ1v) is 12.5. The summed E-state index contributed by atoms with van der Waals surface area (Å²) in [6, 6.07) is 11.9. The number of piperazine rings is 1. The van der Waals surface area contributed by atoms with Crippen LogP contribution in [0.15, 0.2) is 42.5 Å². The fourth-order valence-electron chi connectivity index (χ4n) is 5.88. The van der Waals surface area contributed by atoms with Gasteiger partial charge in [0.1, 0.15) is 5.75 Å². The highest BCUT2D eigenvalue weighted by Gasteiger charge is 2.43. The highest BCUT2D eigenvalue weighted by molar-refractivity contribution is 5.82. The zero-order valence-electron chi connectivity index (χ0n) is 20.0. The Morgan fingerprint density at radius 3 is 2.46 bits per heavy atom. The number of anilines is 2. The first-order valence-electron chi connectivity index (χ1n) is 12.5. The average Bonchev–Trinajstić information content (AvgIpc) is 2.87. The lowest BCUT2D eigenvalue weighted by Gasteiger charge is -2.50. The second kappa shape index (κ2) is 9.63. The first-order chi connectivity index (χ1) is 16.8. The fourth-order valence-corrected chi connectivity index (χ4v) is 5.88. The predicted molar refractivity (Wildman–Crippen MR) is 130 cm³/mol. The van der Waals surface area contributed by atoms with Gasteiger partial charge in [0.05, 0.1) is 24.6 Å². The minimum Gasteiger partial charge on any atom is -0.497 e. The molecule has 0 unspecified atom stereocenters. The maximum Gasteiger partial charge on any atom is 0.416 e. The maximum atomic E-state index is 13.5. The highest BCUT2D eigenvalue weighted by atomic mass is 19.4. The molecule has 0 radical (unpaired) electrons. The molecule has 3 aliphatic rings. The molecule has 0 bridgehead atoms. The van der Waals surface area contributed by atoms with Crippen LogP contribution in [-0.2, 0) is 17.4 Å². The van der Waals surface area contributed by atoms with Crippen LogP contribution in [0.1, 0.15) is 43.2 Å². The lowest BCUT2D eigenvalue weighted by atomic mass is 9.82. The molecular formula is C27H32F3N3O2. The number of hydrogen-bond donors (Lipinski definition) is 1. The summed E-state index contributed by atoms with van der Waals surface area (Å²) in [4.78, 5) is 18.0. The molecule has 1 amide bonds. The second-order valence-electron chi connectivity index (χ2n) is 9.90. The van der Waals surface area contributed by atoms with Crippen LogP contribution in [0.4, 0.5) is 24.5 Å². The largest absolute Gasteiger partial charge is 0.497 e. The highest BCUT2D eigenvalue weighted by Crippen LogP contribution is 2.40. The van der Waals surface area contributed by atoms with E-state index in [2.05, 4.69) is 15.1 Å². The summed E-state index contributed by atoms with van der Waals surface area (Å²) < 4.78 is 45.6. The van der Waals surface area contributed by atoms with Crippen LogP contribution in [0.2, 0.25) is 0 Å². The number of nitrogens with one attached hydrogen (secondary N) is 1. The number of rotatable bonds is 4. The van der Waals surface area contributed by atoms with Gasteiger partial charge in [-0.15, -0.1) is 0 Å². The van der Waals surface area contributed by atoms with Gasteiger partial charge in [-0.3, -0.25) is 4.79 Å². The summed E-state index contributed by atoms with van der Waals surface area (Å²) in [5, 5.41) is 3.24. The van der Waals surface area contributed by atoms with E-state index >= 15 is 0 Å². The molecule has 2 aromatic rings. The third kappa shape index (κ3) is 4.93. The van der Waals surface area contributed by atoms with E-state index in [-0.39, 0.29) is 18.0 Å². The van der Waals surface area contributed by atoms with Gasteiger partial charge >= 0.3 is 6.18 Å². The zero-order valence-corrected chi connectivity index (χ0v) is 20.0. The van der Waals surface area contributed by atoms with Gasteiger partial charge in [-0.1, -0.05) is 19.3 Å². The number of ether oxygens (including phenoxy) is 1. The smallest absolute Gasteiger partial charge is 0.416 e. The molecule has 5 rings (SSSR count). The molecule has 1 saturated carbocycles. The Morgan fingerprint density at radius 1 is 1.03 bits per heavy atom. The zero-order chi connectivity index (χ0) is 24.6. The van der Waals surface area contributed by atoms with Crippen molar-refractivity contribution in [2.45, 2.75) is 56.8 Å². The quantitative estimate of drug-likeness (QED) is 0.657. The SMILES string of the molecule is COc1ccc(N2CCN3c4ccc(C(F)(F)F)cc4C[C@@H](C(=O)NC4CCCCC4)[C@H]3C2)cc1. The molecule has 2 heterocycles. The molecule has 2 atom stereocenters. The summed E-state index contributed by atoms with van der Waals surface area (Å²) in [7, 11) is 1.63. The van der Waals surface area contributed by atoms with Gasteiger partial charge in [0, 0.05) is 37.1 Å². The maximum absolute atomic E-state index is 13.5. The Bertz CT molecular complexity index is 1050. The number of fused-ring (bicyclic) bond motifs is 3. The molecule has 1 N–H and O–H groups in total. The third-order valence-corrected chi connectivity index (χ3v) is 7.77. The van der Waals surface area contributed by atoms with E-state index in [1.165, 1.54) is 12.5 Å². The molecular weight excluding hydrogens is 455 g/mol. The lowest BCUT2D eigenvalue weighted by Crippen LogP contribution is -2.61. The lowest BCUT2D eigenvalue weighted by molar-refractivity contribution is -0.137. The number of carbonyl (C=O) groups is 1.